The average molecular weight is 417 g/mol. The molecule has 2 aliphatic heterocycles. The summed E-state index contributed by atoms with van der Waals surface area (Å²) in [7, 11) is 0. The quantitative estimate of drug-likeness (QED) is 0.600. The van der Waals surface area contributed by atoms with Gasteiger partial charge in [-0.2, -0.15) is 10.5 Å². The normalized spacial score (nSPS) is 33.2. The van der Waals surface area contributed by atoms with E-state index in [1.165, 1.54) is 0 Å². The van der Waals surface area contributed by atoms with Crippen LogP contribution in [0.1, 0.15) is 41.5 Å². The van der Waals surface area contributed by atoms with Crippen LogP contribution in [0.3, 0.4) is 0 Å². The maximum absolute atomic E-state index is 11.6. The number of nitrogens with zero attached hydrogens (tertiary/aromatic N) is 4. The Morgan fingerprint density at radius 2 is 0.967 bits per heavy atom. The average Bonchev–Trinajstić information content (AvgIpc) is 3.28. The topological polar surface area (TPSA) is 107 Å². The van der Waals surface area contributed by atoms with Crippen LogP contribution in [0.15, 0.2) is 0 Å². The Hall–Kier alpha value is -2.48. The van der Waals surface area contributed by atoms with E-state index in [0.717, 1.165) is 0 Å². The van der Waals surface area contributed by atoms with Crippen molar-refractivity contribution in [1.82, 2.24) is 9.80 Å². The molecule has 2 saturated heterocycles. The van der Waals surface area contributed by atoms with E-state index in [1.807, 2.05) is 41.5 Å². The number of ether oxygens (including phenoxy) is 2. The van der Waals surface area contributed by atoms with E-state index in [1.54, 1.807) is 9.80 Å². The number of carbonyl (C=O) groups is 2. The zero-order valence-electron chi connectivity index (χ0n) is 18.7. The zero-order valence-corrected chi connectivity index (χ0v) is 18.7. The predicted octanol–water partition coefficient (Wildman–Crippen LogP) is 3.25. The molecule has 0 aromatic carbocycles. The van der Waals surface area contributed by atoms with Gasteiger partial charge in [0, 0.05) is 26.2 Å². The van der Waals surface area contributed by atoms with Crippen LogP contribution in [0.5, 0.6) is 0 Å². The molecule has 0 bridgehead atoms. The largest absolute Gasteiger partial charge is 0.444 e. The molecule has 2 unspecified atom stereocenters. The highest BCUT2D eigenvalue weighted by Gasteiger charge is 2.58. The van der Waals surface area contributed by atoms with Gasteiger partial charge in [-0.15, -0.1) is 0 Å². The molecule has 4 aliphatic rings. The standard InChI is InChI=1S/2C11H16N2O2/c2*1-11(2,3)15-10(14)13-5-8-7(4-12)9(8)6-13/h2*7-9H,5-6H2,1-3H3/t2*7?,8-,9+. The number of likely N-dealkylation sites (tertiary alicyclic amines) is 2. The van der Waals surface area contributed by atoms with Crippen molar-refractivity contribution in [1.29, 1.82) is 10.5 Å². The summed E-state index contributed by atoms with van der Waals surface area (Å²) in [5.41, 5.74) is -0.864. The Morgan fingerprint density at radius 3 is 1.17 bits per heavy atom. The van der Waals surface area contributed by atoms with Crippen LogP contribution < -0.4 is 0 Å². The number of piperidine rings is 2. The Kier molecular flexibility index (Phi) is 5.66. The van der Waals surface area contributed by atoms with Gasteiger partial charge in [0.2, 0.25) is 0 Å². The smallest absolute Gasteiger partial charge is 0.410 e. The van der Waals surface area contributed by atoms with Crippen LogP contribution in [0.25, 0.3) is 0 Å². The number of nitriles is 2. The van der Waals surface area contributed by atoms with E-state index in [-0.39, 0.29) is 24.0 Å². The van der Waals surface area contributed by atoms with E-state index >= 15 is 0 Å². The number of hydrogen-bond acceptors (Lipinski definition) is 6. The molecule has 30 heavy (non-hydrogen) atoms. The van der Waals surface area contributed by atoms with Crippen LogP contribution in [0.4, 0.5) is 9.59 Å². The first-order valence-corrected chi connectivity index (χ1v) is 10.6. The summed E-state index contributed by atoms with van der Waals surface area (Å²) in [6, 6.07) is 4.54. The van der Waals surface area contributed by atoms with Gasteiger partial charge in [0.05, 0.1) is 24.0 Å². The van der Waals surface area contributed by atoms with Crippen molar-refractivity contribution in [3.05, 3.63) is 0 Å². The molecular formula is C22H32N4O4. The van der Waals surface area contributed by atoms with Gasteiger partial charge in [-0.1, -0.05) is 0 Å². The van der Waals surface area contributed by atoms with Crippen molar-refractivity contribution in [3.8, 4) is 12.1 Å². The van der Waals surface area contributed by atoms with Gasteiger partial charge < -0.3 is 19.3 Å². The van der Waals surface area contributed by atoms with E-state index in [4.69, 9.17) is 20.0 Å². The Labute approximate surface area is 178 Å². The molecule has 2 aliphatic carbocycles. The minimum absolute atomic E-state index is 0.184. The van der Waals surface area contributed by atoms with E-state index in [9.17, 15) is 9.59 Å². The first-order chi connectivity index (χ1) is 13.8. The second-order valence-corrected chi connectivity index (χ2v) is 10.7. The first kappa shape index (κ1) is 22.2. The molecule has 8 heteroatoms. The lowest BCUT2D eigenvalue weighted by atomic mass is 10.2. The Balaban J connectivity index is 0.000000171. The molecule has 4 fully saturated rings. The number of hydrogen-bond donors (Lipinski definition) is 0. The van der Waals surface area contributed by atoms with E-state index in [0.29, 0.717) is 49.9 Å². The number of rotatable bonds is 0. The van der Waals surface area contributed by atoms with E-state index < -0.39 is 11.2 Å². The highest BCUT2D eigenvalue weighted by Crippen LogP contribution is 2.52. The summed E-state index contributed by atoms with van der Waals surface area (Å²) in [5.74, 6) is 1.99. The van der Waals surface area contributed by atoms with Crippen LogP contribution >= 0.6 is 0 Å². The fourth-order valence-corrected chi connectivity index (χ4v) is 4.39. The number of fused-ring (bicyclic) bond motifs is 2. The summed E-state index contributed by atoms with van der Waals surface area (Å²) in [6.45, 7) is 13.9. The molecule has 6 atom stereocenters. The summed E-state index contributed by atoms with van der Waals surface area (Å²) < 4.78 is 10.5. The van der Waals surface area contributed by atoms with Crippen molar-refractivity contribution in [2.45, 2.75) is 52.7 Å². The predicted molar refractivity (Wildman–Crippen MR) is 108 cm³/mol. The molecule has 8 nitrogen and oxygen atoms in total. The maximum atomic E-state index is 11.6. The fourth-order valence-electron chi connectivity index (χ4n) is 4.39. The highest BCUT2D eigenvalue weighted by atomic mass is 16.6. The molecule has 0 aromatic heterocycles. The van der Waals surface area contributed by atoms with Crippen molar-refractivity contribution >= 4 is 12.2 Å². The van der Waals surface area contributed by atoms with Gasteiger partial charge >= 0.3 is 12.2 Å². The van der Waals surface area contributed by atoms with Crippen LogP contribution in [-0.4, -0.2) is 59.4 Å². The lowest BCUT2D eigenvalue weighted by Gasteiger charge is -2.25. The molecule has 0 radical (unpaired) electrons. The highest BCUT2D eigenvalue weighted by molar-refractivity contribution is 5.69. The third kappa shape index (κ3) is 4.98. The molecular weight excluding hydrogens is 384 g/mol. The molecule has 0 N–H and O–H groups in total. The zero-order chi connectivity index (χ0) is 22.4. The summed E-state index contributed by atoms with van der Waals surface area (Å²) in [5, 5.41) is 17.5. The van der Waals surface area contributed by atoms with E-state index in [2.05, 4.69) is 12.1 Å². The second-order valence-electron chi connectivity index (χ2n) is 10.7. The lowest BCUT2D eigenvalue weighted by molar-refractivity contribution is 0.0259. The maximum Gasteiger partial charge on any atom is 0.410 e. The van der Waals surface area contributed by atoms with Gasteiger partial charge in [-0.25, -0.2) is 9.59 Å². The van der Waals surface area contributed by atoms with Gasteiger partial charge in [-0.3, -0.25) is 0 Å². The third-order valence-corrected chi connectivity index (χ3v) is 5.99. The molecule has 0 spiro atoms. The lowest BCUT2D eigenvalue weighted by Crippen LogP contribution is -2.36. The number of amides is 2. The first-order valence-electron chi connectivity index (χ1n) is 10.6. The van der Waals surface area contributed by atoms with Crippen molar-refractivity contribution < 1.29 is 19.1 Å². The molecule has 164 valence electrons. The van der Waals surface area contributed by atoms with Crippen LogP contribution in [0, 0.1) is 58.2 Å². The molecule has 2 heterocycles. The second kappa shape index (κ2) is 7.65. The summed E-state index contributed by atoms with van der Waals surface area (Å²) in [4.78, 5) is 26.7. The van der Waals surface area contributed by atoms with Crippen LogP contribution in [-0.2, 0) is 9.47 Å². The molecule has 4 rings (SSSR count). The summed E-state index contributed by atoms with van der Waals surface area (Å²) >= 11 is 0. The van der Waals surface area contributed by atoms with Crippen LogP contribution in [0.2, 0.25) is 0 Å². The Bertz CT molecular complexity index is 695. The molecule has 0 aromatic rings. The van der Waals surface area contributed by atoms with Gasteiger partial charge in [0.25, 0.3) is 0 Å². The Morgan fingerprint density at radius 1 is 0.700 bits per heavy atom. The van der Waals surface area contributed by atoms with Crippen molar-refractivity contribution in [2.24, 2.45) is 35.5 Å². The van der Waals surface area contributed by atoms with Gasteiger partial charge in [-0.05, 0) is 65.2 Å². The molecule has 2 saturated carbocycles. The van der Waals surface area contributed by atoms with Crippen molar-refractivity contribution in [2.75, 3.05) is 26.2 Å². The van der Waals surface area contributed by atoms with Gasteiger partial charge in [0.15, 0.2) is 0 Å². The summed E-state index contributed by atoms with van der Waals surface area (Å²) in [6.07, 6.45) is -0.488. The minimum Gasteiger partial charge on any atom is -0.444 e. The SMILES string of the molecule is CC(C)(C)OC(=O)N1C[C@@H]2C(C#N)[C@@H]2C1.CC(C)(C)OC(=O)N1C[C@@H]2C(C#N)[C@@H]2C1. The number of carbonyl (C=O) groups excluding carboxylic acids is 2. The van der Waals surface area contributed by atoms with Crippen molar-refractivity contribution in [3.63, 3.8) is 0 Å². The monoisotopic (exact) mass is 416 g/mol. The van der Waals surface area contributed by atoms with Gasteiger partial charge in [0.1, 0.15) is 11.2 Å². The minimum atomic E-state index is -0.432. The molecule has 2 amide bonds. The third-order valence-electron chi connectivity index (χ3n) is 5.99. The fraction of sp³-hybridized carbons (Fsp3) is 0.818.